The molecule has 1 spiro atoms. The Hall–Kier alpha value is -6.72. The normalized spacial score (nSPS) is 13.1. The molecule has 5 heteroatoms. The van der Waals surface area contributed by atoms with Crippen molar-refractivity contribution in [2.75, 3.05) is 0 Å². The van der Waals surface area contributed by atoms with Gasteiger partial charge in [-0.2, -0.15) is 0 Å². The van der Waals surface area contributed by atoms with E-state index < -0.39 is 5.41 Å². The van der Waals surface area contributed by atoms with Gasteiger partial charge in [-0.1, -0.05) is 133 Å². The van der Waals surface area contributed by atoms with Gasteiger partial charge in [-0.25, -0.2) is 15.0 Å². The van der Waals surface area contributed by atoms with E-state index in [0.717, 1.165) is 50.6 Å². The predicted octanol–water partition coefficient (Wildman–Crippen LogP) is 10.4. The van der Waals surface area contributed by atoms with Gasteiger partial charge in [0, 0.05) is 39.6 Å². The third kappa shape index (κ3) is 4.27. The molecule has 0 fully saturated rings. The zero-order chi connectivity index (χ0) is 33.1. The van der Waals surface area contributed by atoms with Crippen LogP contribution in [-0.2, 0) is 5.41 Å². The molecular formula is C45H28N4O. The molecule has 2 aromatic heterocycles. The lowest BCUT2D eigenvalue weighted by Gasteiger charge is -2.39. The van der Waals surface area contributed by atoms with Gasteiger partial charge in [-0.3, -0.25) is 4.98 Å². The van der Waals surface area contributed by atoms with Crippen LogP contribution >= 0.6 is 0 Å². The van der Waals surface area contributed by atoms with Crippen LogP contribution < -0.4 is 4.74 Å². The lowest BCUT2D eigenvalue weighted by Crippen LogP contribution is -2.32. The van der Waals surface area contributed by atoms with Crippen LogP contribution in [0.4, 0.5) is 0 Å². The van der Waals surface area contributed by atoms with Crippen LogP contribution in [0, 0.1) is 0 Å². The molecule has 8 aromatic rings. The Morgan fingerprint density at radius 2 is 0.900 bits per heavy atom. The summed E-state index contributed by atoms with van der Waals surface area (Å²) in [5.74, 6) is 3.58. The minimum Gasteiger partial charge on any atom is -0.457 e. The molecule has 6 aromatic carbocycles. The Morgan fingerprint density at radius 1 is 0.380 bits per heavy atom. The lowest BCUT2D eigenvalue weighted by molar-refractivity contribution is 0.436. The number of fused-ring (bicyclic) bond motifs is 9. The summed E-state index contributed by atoms with van der Waals surface area (Å²) < 4.78 is 6.54. The fourth-order valence-electron chi connectivity index (χ4n) is 7.67. The zero-order valence-electron chi connectivity index (χ0n) is 26.9. The van der Waals surface area contributed by atoms with Crippen LogP contribution in [0.15, 0.2) is 170 Å². The first-order chi connectivity index (χ1) is 24.8. The van der Waals surface area contributed by atoms with E-state index in [1.165, 1.54) is 22.3 Å². The van der Waals surface area contributed by atoms with Crippen LogP contribution in [0.1, 0.15) is 22.3 Å². The van der Waals surface area contributed by atoms with Gasteiger partial charge < -0.3 is 4.74 Å². The highest BCUT2D eigenvalue weighted by molar-refractivity contribution is 5.90. The molecule has 5 nitrogen and oxygen atoms in total. The topological polar surface area (TPSA) is 60.8 Å². The second-order valence-electron chi connectivity index (χ2n) is 12.6. The largest absolute Gasteiger partial charge is 0.457 e. The summed E-state index contributed by atoms with van der Waals surface area (Å²) in [5.41, 5.74) is 11.2. The van der Waals surface area contributed by atoms with Crippen LogP contribution in [-0.4, -0.2) is 19.9 Å². The Balaban J connectivity index is 1.19. The summed E-state index contributed by atoms with van der Waals surface area (Å²) in [6.07, 6.45) is 1.81. The van der Waals surface area contributed by atoms with Gasteiger partial charge >= 0.3 is 0 Å². The summed E-state index contributed by atoms with van der Waals surface area (Å²) in [7, 11) is 0. The SMILES string of the molecule is c1ccc(-c2nc(-c3ccc(-c4ccccn4)cc3)nc(-c3ccc4c(c3)C3(c5ccccc5Oc5ccccc53)c3ccccc3-4)n2)cc1. The zero-order valence-corrected chi connectivity index (χ0v) is 26.9. The van der Waals surface area contributed by atoms with Crippen molar-refractivity contribution < 1.29 is 4.74 Å². The average molecular weight is 641 g/mol. The summed E-state index contributed by atoms with van der Waals surface area (Å²) in [6, 6.07) is 56.5. The molecule has 50 heavy (non-hydrogen) atoms. The first-order valence-electron chi connectivity index (χ1n) is 16.7. The smallest absolute Gasteiger partial charge is 0.164 e. The highest BCUT2D eigenvalue weighted by Crippen LogP contribution is 2.62. The molecule has 0 saturated carbocycles. The molecule has 3 heterocycles. The first-order valence-corrected chi connectivity index (χ1v) is 16.7. The number of aromatic nitrogens is 4. The number of ether oxygens (including phenoxy) is 1. The molecule has 234 valence electrons. The van der Waals surface area contributed by atoms with Gasteiger partial charge in [-0.15, -0.1) is 0 Å². The summed E-state index contributed by atoms with van der Waals surface area (Å²) >= 11 is 0. The standard InChI is InChI=1S/C45H28N4O/c1-2-12-30(13-3-1)42-47-43(31-23-21-29(22-24-31)39-18-10-11-27-46-39)49-44(48-42)32-25-26-34-33-14-4-5-15-35(33)45(38(34)28-32)36-16-6-8-19-40(36)50-41-20-9-7-17-37(41)45/h1-28H. The van der Waals surface area contributed by atoms with Crippen molar-refractivity contribution in [2.45, 2.75) is 5.41 Å². The van der Waals surface area contributed by atoms with Crippen molar-refractivity contribution in [3.8, 4) is 68.0 Å². The Morgan fingerprint density at radius 3 is 1.58 bits per heavy atom. The van der Waals surface area contributed by atoms with E-state index in [-0.39, 0.29) is 0 Å². The van der Waals surface area contributed by atoms with E-state index in [9.17, 15) is 0 Å². The molecule has 2 aliphatic rings. The molecule has 1 aliphatic carbocycles. The van der Waals surface area contributed by atoms with Gasteiger partial charge in [-0.05, 0) is 52.6 Å². The van der Waals surface area contributed by atoms with Crippen LogP contribution in [0.3, 0.4) is 0 Å². The van der Waals surface area contributed by atoms with Crippen LogP contribution in [0.2, 0.25) is 0 Å². The van der Waals surface area contributed by atoms with Crippen molar-refractivity contribution in [1.82, 2.24) is 19.9 Å². The van der Waals surface area contributed by atoms with E-state index in [4.69, 9.17) is 19.7 Å². The fourth-order valence-corrected chi connectivity index (χ4v) is 7.67. The third-order valence-electron chi connectivity index (χ3n) is 9.88. The van der Waals surface area contributed by atoms with Gasteiger partial charge in [0.15, 0.2) is 17.5 Å². The van der Waals surface area contributed by atoms with E-state index in [1.54, 1.807) is 0 Å². The maximum absolute atomic E-state index is 6.54. The van der Waals surface area contributed by atoms with Crippen molar-refractivity contribution in [2.24, 2.45) is 0 Å². The Bertz CT molecular complexity index is 2520. The lowest BCUT2D eigenvalue weighted by atomic mass is 9.66. The van der Waals surface area contributed by atoms with E-state index in [2.05, 4.69) is 108 Å². The molecule has 10 rings (SSSR count). The maximum atomic E-state index is 6.54. The quantitative estimate of drug-likeness (QED) is 0.192. The van der Waals surface area contributed by atoms with E-state index in [0.29, 0.717) is 17.5 Å². The number of hydrogen-bond acceptors (Lipinski definition) is 5. The number of hydrogen-bond donors (Lipinski definition) is 0. The summed E-state index contributed by atoms with van der Waals surface area (Å²) in [6.45, 7) is 0. The molecule has 0 radical (unpaired) electrons. The maximum Gasteiger partial charge on any atom is 0.164 e. The van der Waals surface area contributed by atoms with E-state index >= 15 is 0 Å². The molecule has 0 bridgehead atoms. The van der Waals surface area contributed by atoms with Crippen LogP contribution in [0.25, 0.3) is 56.5 Å². The Labute approximate surface area is 289 Å². The van der Waals surface area contributed by atoms with Gasteiger partial charge in [0.2, 0.25) is 0 Å². The second kappa shape index (κ2) is 11.2. The Kier molecular flexibility index (Phi) is 6.33. The van der Waals surface area contributed by atoms with Crippen molar-refractivity contribution >= 4 is 0 Å². The number of nitrogens with zero attached hydrogens (tertiary/aromatic N) is 4. The molecule has 0 unspecified atom stereocenters. The summed E-state index contributed by atoms with van der Waals surface area (Å²) in [4.78, 5) is 19.8. The first kappa shape index (κ1) is 28.3. The van der Waals surface area contributed by atoms with Gasteiger partial charge in [0.25, 0.3) is 0 Å². The minimum absolute atomic E-state index is 0.577. The van der Waals surface area contributed by atoms with Gasteiger partial charge in [0.05, 0.1) is 11.1 Å². The highest BCUT2D eigenvalue weighted by atomic mass is 16.5. The highest BCUT2D eigenvalue weighted by Gasteiger charge is 2.51. The van der Waals surface area contributed by atoms with Crippen molar-refractivity contribution in [3.63, 3.8) is 0 Å². The number of para-hydroxylation sites is 2. The average Bonchev–Trinajstić information content (AvgIpc) is 3.48. The van der Waals surface area contributed by atoms with Crippen molar-refractivity contribution in [1.29, 1.82) is 0 Å². The molecular weight excluding hydrogens is 613 g/mol. The van der Waals surface area contributed by atoms with E-state index in [1.807, 2.05) is 66.9 Å². The molecule has 0 amide bonds. The number of benzene rings is 6. The monoisotopic (exact) mass is 640 g/mol. The molecule has 0 N–H and O–H groups in total. The third-order valence-corrected chi connectivity index (χ3v) is 9.88. The number of pyridine rings is 1. The molecule has 0 saturated heterocycles. The minimum atomic E-state index is -0.577. The van der Waals surface area contributed by atoms with Gasteiger partial charge in [0.1, 0.15) is 11.5 Å². The summed E-state index contributed by atoms with van der Waals surface area (Å²) in [5, 5.41) is 0. The second-order valence-corrected chi connectivity index (χ2v) is 12.6. The fraction of sp³-hybridized carbons (Fsp3) is 0.0222. The van der Waals surface area contributed by atoms with Crippen LogP contribution in [0.5, 0.6) is 11.5 Å². The predicted molar refractivity (Wildman–Crippen MR) is 197 cm³/mol. The van der Waals surface area contributed by atoms with Crippen molar-refractivity contribution in [3.05, 3.63) is 192 Å². The molecule has 1 aliphatic heterocycles. The molecule has 0 atom stereocenters. The number of rotatable bonds is 4.